The molecule has 41 heavy (non-hydrogen) atoms. The number of nitrogens with zero attached hydrogens (tertiary/aromatic N) is 5. The number of methoxy groups -OCH3 is 2. The number of carbonyl (C=O) groups is 2. The van der Waals surface area contributed by atoms with Gasteiger partial charge in [0, 0.05) is 79.6 Å². The van der Waals surface area contributed by atoms with Crippen molar-refractivity contribution >= 4 is 40.5 Å². The summed E-state index contributed by atoms with van der Waals surface area (Å²) in [7, 11) is 3.21. The quantitative estimate of drug-likeness (QED) is 0.429. The number of amides is 3. The summed E-state index contributed by atoms with van der Waals surface area (Å²) in [6, 6.07) is 13.6. The molecule has 11 heteroatoms. The first kappa shape index (κ1) is 28.0. The fourth-order valence-corrected chi connectivity index (χ4v) is 5.40. The van der Waals surface area contributed by atoms with E-state index in [4.69, 9.17) is 15.2 Å². The van der Waals surface area contributed by atoms with Crippen LogP contribution in [0.3, 0.4) is 0 Å². The number of anilines is 5. The molecule has 1 saturated heterocycles. The molecule has 2 aliphatic rings. The molecule has 0 bridgehead atoms. The first-order chi connectivity index (χ1) is 19.9. The van der Waals surface area contributed by atoms with Crippen molar-refractivity contribution in [3.63, 3.8) is 0 Å². The van der Waals surface area contributed by atoms with Gasteiger partial charge >= 0.3 is 6.03 Å². The van der Waals surface area contributed by atoms with Crippen LogP contribution in [-0.4, -0.2) is 75.3 Å². The molecular formula is C30H37N7O4. The van der Waals surface area contributed by atoms with E-state index < -0.39 is 0 Å². The van der Waals surface area contributed by atoms with E-state index in [0.717, 1.165) is 47.0 Å². The van der Waals surface area contributed by atoms with E-state index in [1.807, 2.05) is 55.3 Å². The van der Waals surface area contributed by atoms with Crippen molar-refractivity contribution in [2.75, 3.05) is 73.5 Å². The van der Waals surface area contributed by atoms with Crippen molar-refractivity contribution in [1.82, 2.24) is 9.88 Å². The molecule has 0 unspecified atom stereocenters. The molecule has 3 amide bonds. The van der Waals surface area contributed by atoms with Crippen LogP contribution in [0.1, 0.15) is 18.1 Å². The minimum Gasteiger partial charge on any atom is -0.497 e. The third-order valence-corrected chi connectivity index (χ3v) is 7.72. The van der Waals surface area contributed by atoms with Crippen molar-refractivity contribution in [3.05, 3.63) is 59.8 Å². The minimum atomic E-state index is -0.117. The number of hydrogen-bond acceptors (Lipinski definition) is 8. The number of ether oxygens (including phenoxy) is 2. The van der Waals surface area contributed by atoms with Gasteiger partial charge in [-0.3, -0.25) is 14.6 Å². The van der Waals surface area contributed by atoms with E-state index in [0.29, 0.717) is 43.5 Å². The topological polar surface area (TPSA) is 116 Å². The van der Waals surface area contributed by atoms with Crippen molar-refractivity contribution in [1.29, 1.82) is 0 Å². The molecular weight excluding hydrogens is 522 g/mol. The first-order valence-electron chi connectivity index (χ1n) is 13.8. The lowest BCUT2D eigenvalue weighted by atomic mass is 10.1. The summed E-state index contributed by atoms with van der Waals surface area (Å²) in [5.41, 5.74) is 10.9. The van der Waals surface area contributed by atoms with Gasteiger partial charge in [0.2, 0.25) is 5.91 Å². The normalized spacial score (nSPS) is 15.1. The summed E-state index contributed by atoms with van der Waals surface area (Å²) in [4.78, 5) is 37.8. The minimum absolute atomic E-state index is 0.00608. The number of fused-ring (bicyclic) bond motifs is 1. The number of piperazine rings is 1. The Morgan fingerprint density at radius 3 is 2.39 bits per heavy atom. The van der Waals surface area contributed by atoms with Crippen molar-refractivity contribution in [2.45, 2.75) is 20.4 Å². The highest BCUT2D eigenvalue weighted by Crippen LogP contribution is 2.39. The summed E-state index contributed by atoms with van der Waals surface area (Å²) in [5, 5.41) is 3.37. The molecule has 0 spiro atoms. The van der Waals surface area contributed by atoms with Gasteiger partial charge in [0.1, 0.15) is 17.3 Å². The van der Waals surface area contributed by atoms with E-state index in [2.05, 4.69) is 27.3 Å². The SMILES string of the molecule is CCN1C(=O)N(c2cc(OC)cc(OC)c2C)Cc2cnc(Nc3ccc(N4CCN(C(=O)CN)CC4)cc3)cc21. The van der Waals surface area contributed by atoms with Crippen LogP contribution in [0.4, 0.5) is 33.4 Å². The van der Waals surface area contributed by atoms with Crippen LogP contribution in [0.5, 0.6) is 11.5 Å². The fourth-order valence-electron chi connectivity index (χ4n) is 5.40. The first-order valence-corrected chi connectivity index (χ1v) is 13.8. The van der Waals surface area contributed by atoms with Gasteiger partial charge in [-0.2, -0.15) is 0 Å². The van der Waals surface area contributed by atoms with Crippen LogP contribution in [0, 0.1) is 6.92 Å². The average molecular weight is 560 g/mol. The third kappa shape index (κ3) is 5.58. The summed E-state index contributed by atoms with van der Waals surface area (Å²) in [5.74, 6) is 1.93. The Kier molecular flexibility index (Phi) is 8.16. The lowest BCUT2D eigenvalue weighted by Crippen LogP contribution is -2.50. The number of pyridine rings is 1. The van der Waals surface area contributed by atoms with Gasteiger partial charge < -0.3 is 30.3 Å². The van der Waals surface area contributed by atoms with Crippen molar-refractivity contribution in [3.8, 4) is 11.5 Å². The second kappa shape index (κ2) is 11.9. The lowest BCUT2D eigenvalue weighted by Gasteiger charge is -2.37. The van der Waals surface area contributed by atoms with E-state index in [1.54, 1.807) is 24.0 Å². The Balaban J connectivity index is 1.32. The van der Waals surface area contributed by atoms with Gasteiger partial charge in [-0.25, -0.2) is 9.78 Å². The highest BCUT2D eigenvalue weighted by molar-refractivity contribution is 6.07. The maximum Gasteiger partial charge on any atom is 0.329 e. The number of rotatable bonds is 8. The van der Waals surface area contributed by atoms with Crippen LogP contribution in [0.15, 0.2) is 48.7 Å². The highest BCUT2D eigenvalue weighted by Gasteiger charge is 2.32. The molecule has 11 nitrogen and oxygen atoms in total. The van der Waals surface area contributed by atoms with E-state index in [1.165, 1.54) is 0 Å². The Morgan fingerprint density at radius 1 is 1.02 bits per heavy atom. The number of carbonyl (C=O) groups excluding carboxylic acids is 2. The Morgan fingerprint density at radius 2 is 1.76 bits per heavy atom. The Hall–Kier alpha value is -4.51. The fraction of sp³-hybridized carbons (Fsp3) is 0.367. The molecule has 3 heterocycles. The predicted molar refractivity (Wildman–Crippen MR) is 161 cm³/mol. The maximum atomic E-state index is 13.7. The van der Waals surface area contributed by atoms with Crippen LogP contribution >= 0.6 is 0 Å². The summed E-state index contributed by atoms with van der Waals surface area (Å²) in [6.07, 6.45) is 1.82. The molecule has 0 aliphatic carbocycles. The van der Waals surface area contributed by atoms with Crippen LogP contribution in [0.25, 0.3) is 0 Å². The lowest BCUT2D eigenvalue weighted by molar-refractivity contribution is -0.129. The van der Waals surface area contributed by atoms with Gasteiger partial charge in [0.05, 0.1) is 38.7 Å². The molecule has 3 aromatic rings. The molecule has 1 fully saturated rings. The smallest absolute Gasteiger partial charge is 0.329 e. The van der Waals surface area contributed by atoms with Crippen molar-refractivity contribution < 1.29 is 19.1 Å². The molecule has 0 atom stereocenters. The van der Waals surface area contributed by atoms with Crippen LogP contribution in [0.2, 0.25) is 0 Å². The van der Waals surface area contributed by atoms with Crippen LogP contribution < -0.4 is 35.2 Å². The second-order valence-electron chi connectivity index (χ2n) is 10.0. The standard InChI is InChI=1S/C30H37N7O4/c1-5-36-26-16-28(33-22-6-8-23(9-7-22)34-10-12-35(13-11-34)29(38)17-31)32-18-21(26)19-37(30(36)39)25-14-24(40-3)15-27(41-4)20(25)2/h6-9,14-16,18H,5,10-13,17,19,31H2,1-4H3,(H,32,33). The number of urea groups is 1. The van der Waals surface area contributed by atoms with Gasteiger partial charge in [0.15, 0.2) is 0 Å². The molecule has 0 saturated carbocycles. The summed E-state index contributed by atoms with van der Waals surface area (Å²) < 4.78 is 11.0. The van der Waals surface area contributed by atoms with Gasteiger partial charge in [0.25, 0.3) is 0 Å². The second-order valence-corrected chi connectivity index (χ2v) is 10.0. The predicted octanol–water partition coefficient (Wildman–Crippen LogP) is 3.72. The van der Waals surface area contributed by atoms with Gasteiger partial charge in [-0.05, 0) is 38.1 Å². The third-order valence-electron chi connectivity index (χ3n) is 7.72. The average Bonchev–Trinajstić information content (AvgIpc) is 3.01. The molecule has 0 radical (unpaired) electrons. The molecule has 2 aliphatic heterocycles. The molecule has 3 N–H and O–H groups in total. The molecule has 1 aromatic heterocycles. The van der Waals surface area contributed by atoms with Crippen LogP contribution in [-0.2, 0) is 11.3 Å². The number of benzene rings is 2. The molecule has 2 aromatic carbocycles. The van der Waals surface area contributed by atoms with Crippen molar-refractivity contribution in [2.24, 2.45) is 5.73 Å². The van der Waals surface area contributed by atoms with Gasteiger partial charge in [-0.15, -0.1) is 0 Å². The zero-order valence-corrected chi connectivity index (χ0v) is 24.0. The molecule has 216 valence electrons. The zero-order valence-electron chi connectivity index (χ0n) is 24.0. The zero-order chi connectivity index (χ0) is 29.1. The number of aromatic nitrogens is 1. The van der Waals surface area contributed by atoms with E-state index in [-0.39, 0.29) is 18.5 Å². The monoisotopic (exact) mass is 559 g/mol. The number of hydrogen-bond donors (Lipinski definition) is 2. The highest BCUT2D eigenvalue weighted by atomic mass is 16.5. The van der Waals surface area contributed by atoms with E-state index >= 15 is 0 Å². The van der Waals surface area contributed by atoms with Gasteiger partial charge in [-0.1, -0.05) is 0 Å². The number of nitrogens with two attached hydrogens (primary N) is 1. The maximum absolute atomic E-state index is 13.7. The Bertz CT molecular complexity index is 1420. The molecule has 5 rings (SSSR count). The summed E-state index contributed by atoms with van der Waals surface area (Å²) in [6.45, 7) is 7.72. The van der Waals surface area contributed by atoms with E-state index in [9.17, 15) is 9.59 Å². The number of nitrogens with one attached hydrogen (secondary N) is 1. The Labute approximate surface area is 240 Å². The largest absolute Gasteiger partial charge is 0.497 e. The summed E-state index contributed by atoms with van der Waals surface area (Å²) >= 11 is 0.